The first-order valence-corrected chi connectivity index (χ1v) is 7.46. The van der Waals surface area contributed by atoms with Crippen LogP contribution in [0.3, 0.4) is 0 Å². The first kappa shape index (κ1) is 14.5. The number of aromatic nitrogens is 4. The Balaban J connectivity index is 1.69. The average molecular weight is 360 g/mol. The third-order valence-corrected chi connectivity index (χ3v) is 3.46. The van der Waals surface area contributed by atoms with Crippen molar-refractivity contribution in [3.8, 4) is 17.1 Å². The number of nitrogens with zero attached hydrogens (tertiary/aromatic N) is 3. The molecule has 112 valence electrons. The van der Waals surface area contributed by atoms with Crippen molar-refractivity contribution >= 4 is 21.9 Å². The molecular formula is C15H14BrN5O. The van der Waals surface area contributed by atoms with Crippen molar-refractivity contribution in [1.82, 2.24) is 20.2 Å². The molecule has 0 saturated heterocycles. The van der Waals surface area contributed by atoms with E-state index in [2.05, 4.69) is 53.5 Å². The lowest BCUT2D eigenvalue weighted by atomic mass is 10.1. The zero-order valence-electron chi connectivity index (χ0n) is 11.9. The number of nitrogens with one attached hydrogen (secondary N) is 2. The van der Waals surface area contributed by atoms with Gasteiger partial charge >= 0.3 is 0 Å². The minimum absolute atomic E-state index is 0.537. The van der Waals surface area contributed by atoms with E-state index in [0.717, 1.165) is 16.8 Å². The molecule has 0 aliphatic carbocycles. The Hall–Kier alpha value is -2.41. The molecule has 0 radical (unpaired) electrons. The van der Waals surface area contributed by atoms with E-state index in [9.17, 15) is 0 Å². The van der Waals surface area contributed by atoms with Crippen LogP contribution in [0, 0.1) is 0 Å². The second kappa shape index (κ2) is 6.57. The molecule has 0 unspecified atom stereocenters. The number of methoxy groups -OCH3 is 1. The van der Waals surface area contributed by atoms with E-state index >= 15 is 0 Å². The zero-order valence-corrected chi connectivity index (χ0v) is 13.5. The zero-order chi connectivity index (χ0) is 15.4. The molecule has 2 heterocycles. The highest BCUT2D eigenvalue weighted by molar-refractivity contribution is 9.10. The highest BCUT2D eigenvalue weighted by Crippen LogP contribution is 2.20. The van der Waals surface area contributed by atoms with Gasteiger partial charge in [-0.3, -0.25) is 0 Å². The standard InChI is InChI=1S/C15H14BrN5O/c1-22-13-4-2-3-12(18-13)11-7-5-10(6-8-11)9-17-15-19-14(16)20-21-15/h2-8H,9H2,1H3,(H2,17,19,20,21). The van der Waals surface area contributed by atoms with Gasteiger partial charge in [-0.1, -0.05) is 30.3 Å². The number of aromatic amines is 1. The molecule has 3 aromatic rings. The normalized spacial score (nSPS) is 10.5. The smallest absolute Gasteiger partial charge is 0.219 e. The van der Waals surface area contributed by atoms with E-state index in [1.54, 1.807) is 7.11 Å². The summed E-state index contributed by atoms with van der Waals surface area (Å²) in [5, 5.41) is 9.84. The van der Waals surface area contributed by atoms with Crippen LogP contribution in [-0.4, -0.2) is 27.3 Å². The molecule has 0 atom stereocenters. The van der Waals surface area contributed by atoms with Crippen molar-refractivity contribution in [2.75, 3.05) is 12.4 Å². The molecule has 3 rings (SSSR count). The van der Waals surface area contributed by atoms with Crippen molar-refractivity contribution in [1.29, 1.82) is 0 Å². The molecule has 2 N–H and O–H groups in total. The van der Waals surface area contributed by atoms with Gasteiger partial charge in [-0.2, -0.15) is 4.98 Å². The molecule has 0 spiro atoms. The van der Waals surface area contributed by atoms with E-state index in [1.165, 1.54) is 0 Å². The number of anilines is 1. The second-order valence-corrected chi connectivity index (χ2v) is 5.28. The number of ether oxygens (including phenoxy) is 1. The molecule has 0 amide bonds. The van der Waals surface area contributed by atoms with Crippen LogP contribution >= 0.6 is 15.9 Å². The van der Waals surface area contributed by atoms with E-state index < -0.39 is 0 Å². The third-order valence-electron chi connectivity index (χ3n) is 3.10. The minimum atomic E-state index is 0.537. The van der Waals surface area contributed by atoms with Gasteiger partial charge in [-0.15, -0.1) is 5.10 Å². The van der Waals surface area contributed by atoms with Crippen molar-refractivity contribution in [3.63, 3.8) is 0 Å². The van der Waals surface area contributed by atoms with Crippen molar-refractivity contribution in [3.05, 3.63) is 52.8 Å². The van der Waals surface area contributed by atoms with Gasteiger partial charge in [0.15, 0.2) is 0 Å². The summed E-state index contributed by atoms with van der Waals surface area (Å²) >= 11 is 3.19. The lowest BCUT2D eigenvalue weighted by molar-refractivity contribution is 0.398. The molecule has 0 aliphatic rings. The predicted molar refractivity (Wildman–Crippen MR) is 87.6 cm³/mol. The van der Waals surface area contributed by atoms with Gasteiger partial charge in [0, 0.05) is 18.2 Å². The lowest BCUT2D eigenvalue weighted by Crippen LogP contribution is -2.00. The van der Waals surface area contributed by atoms with E-state index in [1.807, 2.05) is 30.3 Å². The Morgan fingerprint density at radius 1 is 1.14 bits per heavy atom. The summed E-state index contributed by atoms with van der Waals surface area (Å²) in [7, 11) is 1.61. The van der Waals surface area contributed by atoms with Crippen LogP contribution in [0.15, 0.2) is 47.2 Å². The van der Waals surface area contributed by atoms with Gasteiger partial charge < -0.3 is 10.1 Å². The Kier molecular flexibility index (Phi) is 4.34. The van der Waals surface area contributed by atoms with Crippen molar-refractivity contribution in [2.24, 2.45) is 0 Å². The summed E-state index contributed by atoms with van der Waals surface area (Å²) in [4.78, 5) is 8.55. The van der Waals surface area contributed by atoms with E-state index in [4.69, 9.17) is 4.74 Å². The van der Waals surface area contributed by atoms with Crippen LogP contribution in [-0.2, 0) is 6.54 Å². The van der Waals surface area contributed by atoms with Crippen LogP contribution < -0.4 is 10.1 Å². The Morgan fingerprint density at radius 2 is 1.95 bits per heavy atom. The lowest BCUT2D eigenvalue weighted by Gasteiger charge is -2.06. The Bertz CT molecular complexity index is 757. The minimum Gasteiger partial charge on any atom is -0.481 e. The summed E-state index contributed by atoms with van der Waals surface area (Å²) < 4.78 is 5.68. The monoisotopic (exact) mass is 359 g/mol. The maximum Gasteiger partial charge on any atom is 0.219 e. The maximum absolute atomic E-state index is 5.15. The van der Waals surface area contributed by atoms with E-state index in [0.29, 0.717) is 23.1 Å². The fourth-order valence-corrected chi connectivity index (χ4v) is 2.25. The quantitative estimate of drug-likeness (QED) is 0.731. The number of benzene rings is 1. The highest BCUT2D eigenvalue weighted by atomic mass is 79.9. The number of H-pyrrole nitrogens is 1. The molecule has 0 fully saturated rings. The highest BCUT2D eigenvalue weighted by Gasteiger charge is 2.03. The fraction of sp³-hybridized carbons (Fsp3) is 0.133. The van der Waals surface area contributed by atoms with Gasteiger partial charge in [0.2, 0.25) is 16.6 Å². The number of pyridine rings is 1. The summed E-state index contributed by atoms with van der Waals surface area (Å²) in [5.41, 5.74) is 3.07. The van der Waals surface area contributed by atoms with E-state index in [-0.39, 0.29) is 0 Å². The summed E-state index contributed by atoms with van der Waals surface area (Å²) in [6.07, 6.45) is 0. The molecule has 6 nitrogen and oxygen atoms in total. The van der Waals surface area contributed by atoms with Crippen molar-refractivity contribution in [2.45, 2.75) is 6.54 Å². The van der Waals surface area contributed by atoms with Crippen LogP contribution in [0.2, 0.25) is 0 Å². The SMILES string of the molecule is COc1cccc(-c2ccc(CNc3nc(Br)n[nH]3)cc2)n1. The van der Waals surface area contributed by atoms with Crippen LogP contribution in [0.5, 0.6) is 5.88 Å². The van der Waals surface area contributed by atoms with Gasteiger partial charge in [0.25, 0.3) is 0 Å². The first-order chi connectivity index (χ1) is 10.7. The Morgan fingerprint density at radius 3 is 2.64 bits per heavy atom. The average Bonchev–Trinajstić information content (AvgIpc) is 2.99. The molecule has 0 aliphatic heterocycles. The molecule has 0 saturated carbocycles. The number of halogens is 1. The predicted octanol–water partition coefficient (Wildman–Crippen LogP) is 3.25. The second-order valence-electron chi connectivity index (χ2n) is 4.57. The summed E-state index contributed by atoms with van der Waals surface area (Å²) in [6.45, 7) is 0.660. The third kappa shape index (κ3) is 3.43. The molecule has 22 heavy (non-hydrogen) atoms. The number of rotatable bonds is 5. The maximum atomic E-state index is 5.15. The topological polar surface area (TPSA) is 75.7 Å². The van der Waals surface area contributed by atoms with Crippen molar-refractivity contribution < 1.29 is 4.74 Å². The number of hydrogen-bond donors (Lipinski definition) is 2. The molecule has 0 bridgehead atoms. The first-order valence-electron chi connectivity index (χ1n) is 6.67. The van der Waals surface area contributed by atoms with Crippen LogP contribution in [0.1, 0.15) is 5.56 Å². The van der Waals surface area contributed by atoms with Crippen LogP contribution in [0.4, 0.5) is 5.95 Å². The van der Waals surface area contributed by atoms with Crippen LogP contribution in [0.25, 0.3) is 11.3 Å². The van der Waals surface area contributed by atoms with Gasteiger partial charge in [0.1, 0.15) is 0 Å². The fourth-order valence-electron chi connectivity index (χ4n) is 1.99. The molecule has 7 heteroatoms. The molecular weight excluding hydrogens is 346 g/mol. The summed E-state index contributed by atoms with van der Waals surface area (Å²) in [6, 6.07) is 13.9. The largest absolute Gasteiger partial charge is 0.481 e. The van der Waals surface area contributed by atoms with Gasteiger partial charge in [-0.05, 0) is 27.6 Å². The Labute approximate surface area is 136 Å². The molecule has 1 aromatic carbocycles. The van der Waals surface area contributed by atoms with Gasteiger partial charge in [-0.25, -0.2) is 10.1 Å². The summed E-state index contributed by atoms with van der Waals surface area (Å²) in [5.74, 6) is 1.24. The number of hydrogen-bond acceptors (Lipinski definition) is 5. The molecule has 2 aromatic heterocycles. The van der Waals surface area contributed by atoms with Gasteiger partial charge in [0.05, 0.1) is 12.8 Å².